The van der Waals surface area contributed by atoms with Crippen molar-refractivity contribution in [3.63, 3.8) is 0 Å². The van der Waals surface area contributed by atoms with E-state index in [1.54, 1.807) is 18.3 Å². The number of nitrogens with one attached hydrogen (secondary N) is 2. The van der Waals surface area contributed by atoms with Crippen molar-refractivity contribution in [3.8, 4) is 23.0 Å². The topological polar surface area (TPSA) is 117 Å². The van der Waals surface area contributed by atoms with Gasteiger partial charge in [0.15, 0.2) is 5.82 Å². The summed E-state index contributed by atoms with van der Waals surface area (Å²) >= 11 is 0. The van der Waals surface area contributed by atoms with Crippen LogP contribution in [0, 0.1) is 17.3 Å². The summed E-state index contributed by atoms with van der Waals surface area (Å²) in [5.41, 5.74) is 9.03. The summed E-state index contributed by atoms with van der Waals surface area (Å²) in [6.07, 6.45) is 0.380. The molecule has 0 aliphatic carbocycles. The highest BCUT2D eigenvalue weighted by molar-refractivity contribution is 5.96. The lowest BCUT2D eigenvalue weighted by Crippen LogP contribution is -2.08. The molecule has 3 rings (SSSR count). The van der Waals surface area contributed by atoms with Crippen LogP contribution < -0.4 is 11.1 Å². The van der Waals surface area contributed by atoms with Crippen LogP contribution in [0.1, 0.15) is 26.3 Å². The third-order valence-electron chi connectivity index (χ3n) is 3.60. The lowest BCUT2D eigenvalue weighted by Gasteiger charge is -2.08. The van der Waals surface area contributed by atoms with E-state index in [9.17, 15) is 4.79 Å². The molecule has 0 fully saturated rings. The molecule has 1 amide bonds. The zero-order valence-corrected chi connectivity index (χ0v) is 14.7. The number of fused-ring (bicyclic) bond motifs is 1. The molecular weight excluding hydrogens is 330 g/mol. The summed E-state index contributed by atoms with van der Waals surface area (Å²) in [5, 5.41) is 18.9. The highest BCUT2D eigenvalue weighted by Gasteiger charge is 2.12. The van der Waals surface area contributed by atoms with Gasteiger partial charge in [0, 0.05) is 17.0 Å². The molecule has 3 aromatic rings. The van der Waals surface area contributed by atoms with Crippen LogP contribution in [0.2, 0.25) is 0 Å². The van der Waals surface area contributed by atoms with Gasteiger partial charge in [-0.2, -0.15) is 5.10 Å². The smallest absolute Gasteiger partial charge is 0.410 e. The van der Waals surface area contributed by atoms with Crippen molar-refractivity contribution >= 4 is 28.6 Å². The predicted molar refractivity (Wildman–Crippen MR) is 102 cm³/mol. The minimum absolute atomic E-state index is 0.150. The third kappa shape index (κ3) is 3.75. The Hall–Kier alpha value is -3.53. The first-order chi connectivity index (χ1) is 12.2. The SMILES string of the molecule is CC(C)(C)C#Cc1cc(-c2ccnc(NC(=O)O)c2)cc2c(N)n[nH]c12. The van der Waals surface area contributed by atoms with Gasteiger partial charge in [0.2, 0.25) is 0 Å². The second kappa shape index (κ2) is 6.41. The second-order valence-corrected chi connectivity index (χ2v) is 6.92. The minimum atomic E-state index is -1.17. The average Bonchev–Trinajstić information content (AvgIpc) is 2.93. The quantitative estimate of drug-likeness (QED) is 0.526. The minimum Gasteiger partial charge on any atom is -0.465 e. The van der Waals surface area contributed by atoms with Crippen molar-refractivity contribution in [1.82, 2.24) is 15.2 Å². The molecule has 0 saturated heterocycles. The summed E-state index contributed by atoms with van der Waals surface area (Å²) in [5.74, 6) is 7.05. The second-order valence-electron chi connectivity index (χ2n) is 6.92. The molecule has 0 bridgehead atoms. The lowest BCUT2D eigenvalue weighted by molar-refractivity contribution is 0.209. The fraction of sp³-hybridized carbons (Fsp3) is 0.211. The zero-order chi connectivity index (χ0) is 18.9. The number of nitrogens with zero attached hydrogens (tertiary/aromatic N) is 2. The van der Waals surface area contributed by atoms with Gasteiger partial charge < -0.3 is 10.8 Å². The van der Waals surface area contributed by atoms with Crippen LogP contribution >= 0.6 is 0 Å². The molecular formula is C19H19N5O2. The number of hydrogen-bond acceptors (Lipinski definition) is 4. The van der Waals surface area contributed by atoms with Gasteiger partial charge in [-0.3, -0.25) is 10.4 Å². The first kappa shape index (κ1) is 17.3. The number of benzene rings is 1. The largest absolute Gasteiger partial charge is 0.465 e. The number of carboxylic acid groups (broad SMARTS) is 1. The number of aromatic amines is 1. The molecule has 0 aliphatic heterocycles. The van der Waals surface area contributed by atoms with Gasteiger partial charge in [-0.25, -0.2) is 9.78 Å². The Bertz CT molecular complexity index is 1050. The number of amides is 1. The molecule has 7 nitrogen and oxygen atoms in total. The molecule has 0 aliphatic rings. The Labute approximate surface area is 150 Å². The Morgan fingerprint density at radius 2 is 2.04 bits per heavy atom. The van der Waals surface area contributed by atoms with E-state index in [0.29, 0.717) is 5.82 Å². The molecule has 1 aromatic carbocycles. The molecule has 7 heteroatoms. The number of nitrogens with two attached hydrogens (primary N) is 1. The number of aromatic nitrogens is 3. The maximum atomic E-state index is 10.8. The molecule has 2 heterocycles. The Morgan fingerprint density at radius 3 is 2.73 bits per heavy atom. The van der Waals surface area contributed by atoms with E-state index < -0.39 is 6.09 Å². The first-order valence-electron chi connectivity index (χ1n) is 8.00. The summed E-state index contributed by atoms with van der Waals surface area (Å²) in [6.45, 7) is 6.11. The number of nitrogen functional groups attached to an aromatic ring is 1. The lowest BCUT2D eigenvalue weighted by atomic mass is 9.96. The molecule has 0 radical (unpaired) electrons. The van der Waals surface area contributed by atoms with Gasteiger partial charge in [0.05, 0.1) is 11.1 Å². The third-order valence-corrected chi connectivity index (χ3v) is 3.60. The fourth-order valence-corrected chi connectivity index (χ4v) is 2.45. The van der Waals surface area contributed by atoms with Gasteiger partial charge in [-0.15, -0.1) is 0 Å². The van der Waals surface area contributed by atoms with Gasteiger partial charge >= 0.3 is 6.09 Å². The van der Waals surface area contributed by atoms with Crippen LogP contribution in [0.4, 0.5) is 16.4 Å². The van der Waals surface area contributed by atoms with Crippen LogP contribution in [0.5, 0.6) is 0 Å². The molecule has 0 unspecified atom stereocenters. The number of anilines is 2. The Balaban J connectivity index is 2.16. The molecule has 5 N–H and O–H groups in total. The number of H-pyrrole nitrogens is 1. The number of pyridine rings is 1. The monoisotopic (exact) mass is 349 g/mol. The van der Waals surface area contributed by atoms with E-state index in [4.69, 9.17) is 10.8 Å². The average molecular weight is 349 g/mol. The van der Waals surface area contributed by atoms with Gasteiger partial charge in [0.25, 0.3) is 0 Å². The van der Waals surface area contributed by atoms with Gasteiger partial charge in [-0.05, 0) is 56.2 Å². The van der Waals surface area contributed by atoms with Crippen LogP contribution in [0.25, 0.3) is 22.0 Å². The summed E-state index contributed by atoms with van der Waals surface area (Å²) in [4.78, 5) is 14.8. The van der Waals surface area contributed by atoms with Crippen molar-refractivity contribution in [2.45, 2.75) is 20.8 Å². The van der Waals surface area contributed by atoms with Crippen LogP contribution in [0.15, 0.2) is 30.5 Å². The first-order valence-corrected chi connectivity index (χ1v) is 8.00. The van der Waals surface area contributed by atoms with Crippen molar-refractivity contribution in [3.05, 3.63) is 36.0 Å². The molecule has 26 heavy (non-hydrogen) atoms. The fourth-order valence-electron chi connectivity index (χ4n) is 2.45. The van der Waals surface area contributed by atoms with Crippen molar-refractivity contribution in [2.75, 3.05) is 11.1 Å². The van der Waals surface area contributed by atoms with Gasteiger partial charge in [0.1, 0.15) is 5.82 Å². The standard InChI is InChI=1S/C19H19N5O2/c1-19(2,3)6-4-12-8-13(9-14-16(12)23-24-17(14)20)11-5-7-21-15(10-11)22-18(25)26/h5,7-10H,1-3H3,(H,21,22)(H,25,26)(H3,20,23,24). The maximum Gasteiger partial charge on any atom is 0.410 e. The molecule has 132 valence electrons. The van der Waals surface area contributed by atoms with E-state index >= 15 is 0 Å². The summed E-state index contributed by atoms with van der Waals surface area (Å²) in [6, 6.07) is 7.28. The highest BCUT2D eigenvalue weighted by Crippen LogP contribution is 2.30. The van der Waals surface area contributed by atoms with Crippen molar-refractivity contribution < 1.29 is 9.90 Å². The molecule has 0 atom stereocenters. The number of carbonyl (C=O) groups is 1. The van der Waals surface area contributed by atoms with E-state index in [-0.39, 0.29) is 11.2 Å². The molecule has 2 aromatic heterocycles. The highest BCUT2D eigenvalue weighted by atomic mass is 16.4. The van der Waals surface area contributed by atoms with Crippen LogP contribution in [0.3, 0.4) is 0 Å². The predicted octanol–water partition coefficient (Wildman–Crippen LogP) is 3.69. The molecule has 0 spiro atoms. The van der Waals surface area contributed by atoms with Gasteiger partial charge in [-0.1, -0.05) is 11.8 Å². The normalized spacial score (nSPS) is 11.0. The Kier molecular flexibility index (Phi) is 4.26. The van der Waals surface area contributed by atoms with E-state index in [1.807, 2.05) is 32.9 Å². The van der Waals surface area contributed by atoms with Crippen molar-refractivity contribution in [1.29, 1.82) is 0 Å². The van der Waals surface area contributed by atoms with Crippen LogP contribution in [-0.4, -0.2) is 26.4 Å². The van der Waals surface area contributed by atoms with E-state index in [2.05, 4.69) is 32.3 Å². The van der Waals surface area contributed by atoms with Crippen LogP contribution in [-0.2, 0) is 0 Å². The van der Waals surface area contributed by atoms with Crippen molar-refractivity contribution in [2.24, 2.45) is 5.41 Å². The maximum absolute atomic E-state index is 10.8. The summed E-state index contributed by atoms with van der Waals surface area (Å²) in [7, 11) is 0. The zero-order valence-electron chi connectivity index (χ0n) is 14.7. The number of rotatable bonds is 2. The summed E-state index contributed by atoms with van der Waals surface area (Å²) < 4.78 is 0. The Morgan fingerprint density at radius 1 is 1.27 bits per heavy atom. The van der Waals surface area contributed by atoms with E-state index in [1.165, 1.54) is 0 Å². The molecule has 0 saturated carbocycles. The van der Waals surface area contributed by atoms with E-state index in [0.717, 1.165) is 27.6 Å². The number of hydrogen-bond donors (Lipinski definition) is 4.